The standard InChI is InChI=1S/C15H18N2O5/c1-21-14(19)13(11-5-3-2-4-6-11)16-12(18)7-8-17-9-10-22-15(17)20/h2-6,13H,7-10H2,1H3,(H,16,18). The Morgan fingerprint density at radius 3 is 2.68 bits per heavy atom. The van der Waals surface area contributed by atoms with Crippen molar-refractivity contribution in [3.05, 3.63) is 35.9 Å². The van der Waals surface area contributed by atoms with Crippen molar-refractivity contribution in [1.82, 2.24) is 10.2 Å². The van der Waals surface area contributed by atoms with Crippen molar-refractivity contribution in [3.8, 4) is 0 Å². The number of nitrogens with zero attached hydrogens (tertiary/aromatic N) is 1. The molecule has 1 unspecified atom stereocenters. The lowest BCUT2D eigenvalue weighted by Crippen LogP contribution is -2.37. The average Bonchev–Trinajstić information content (AvgIpc) is 2.96. The zero-order chi connectivity index (χ0) is 15.9. The van der Waals surface area contributed by atoms with E-state index in [1.54, 1.807) is 24.3 Å². The van der Waals surface area contributed by atoms with Gasteiger partial charge in [-0.05, 0) is 5.56 Å². The minimum absolute atomic E-state index is 0.0927. The van der Waals surface area contributed by atoms with Crippen LogP contribution in [-0.2, 0) is 19.1 Å². The maximum absolute atomic E-state index is 12.0. The van der Waals surface area contributed by atoms with Crippen molar-refractivity contribution in [3.63, 3.8) is 0 Å². The van der Waals surface area contributed by atoms with Crippen LogP contribution in [0.5, 0.6) is 0 Å². The molecule has 0 radical (unpaired) electrons. The molecule has 0 aromatic heterocycles. The second-order valence-electron chi connectivity index (χ2n) is 4.79. The number of carbonyl (C=O) groups is 3. The van der Waals surface area contributed by atoms with Crippen LogP contribution in [0.25, 0.3) is 0 Å². The first kappa shape index (κ1) is 15.8. The fraction of sp³-hybridized carbons (Fsp3) is 0.400. The van der Waals surface area contributed by atoms with E-state index in [1.165, 1.54) is 12.0 Å². The highest BCUT2D eigenvalue weighted by atomic mass is 16.6. The molecule has 0 spiro atoms. The fourth-order valence-corrected chi connectivity index (χ4v) is 2.14. The first-order valence-corrected chi connectivity index (χ1v) is 6.95. The first-order valence-electron chi connectivity index (χ1n) is 6.95. The lowest BCUT2D eigenvalue weighted by molar-refractivity contribution is -0.145. The van der Waals surface area contributed by atoms with Crippen LogP contribution >= 0.6 is 0 Å². The van der Waals surface area contributed by atoms with Crippen LogP contribution in [0, 0.1) is 0 Å². The number of hydrogen-bond donors (Lipinski definition) is 1. The highest BCUT2D eigenvalue weighted by molar-refractivity contribution is 5.85. The summed E-state index contributed by atoms with van der Waals surface area (Å²) in [6.45, 7) is 1.08. The third-order valence-electron chi connectivity index (χ3n) is 3.33. The van der Waals surface area contributed by atoms with E-state index in [0.29, 0.717) is 18.7 Å². The molecule has 1 aromatic carbocycles. The van der Waals surface area contributed by atoms with Crippen molar-refractivity contribution >= 4 is 18.0 Å². The largest absolute Gasteiger partial charge is 0.467 e. The minimum atomic E-state index is -0.857. The Bertz CT molecular complexity index is 546. The van der Waals surface area contributed by atoms with Crippen molar-refractivity contribution in [2.24, 2.45) is 0 Å². The highest BCUT2D eigenvalue weighted by Gasteiger charge is 2.25. The summed E-state index contributed by atoms with van der Waals surface area (Å²) < 4.78 is 9.51. The van der Waals surface area contributed by atoms with E-state index in [9.17, 15) is 14.4 Å². The second kappa shape index (κ2) is 7.44. The van der Waals surface area contributed by atoms with Crippen molar-refractivity contribution in [2.75, 3.05) is 26.8 Å². The van der Waals surface area contributed by atoms with Crippen molar-refractivity contribution in [2.45, 2.75) is 12.5 Å². The molecule has 1 fully saturated rings. The molecule has 1 aliphatic rings. The topological polar surface area (TPSA) is 84.9 Å². The maximum Gasteiger partial charge on any atom is 0.409 e. The second-order valence-corrected chi connectivity index (χ2v) is 4.79. The van der Waals surface area contributed by atoms with Gasteiger partial charge in [0.1, 0.15) is 6.61 Å². The Morgan fingerprint density at radius 2 is 2.09 bits per heavy atom. The molecule has 1 N–H and O–H groups in total. The molecule has 118 valence electrons. The highest BCUT2D eigenvalue weighted by Crippen LogP contribution is 2.14. The van der Waals surface area contributed by atoms with Crippen LogP contribution in [-0.4, -0.2) is 49.7 Å². The summed E-state index contributed by atoms with van der Waals surface area (Å²) in [4.78, 5) is 36.6. The average molecular weight is 306 g/mol. The number of rotatable bonds is 6. The van der Waals surface area contributed by atoms with E-state index in [4.69, 9.17) is 9.47 Å². The van der Waals surface area contributed by atoms with Gasteiger partial charge in [0.15, 0.2) is 6.04 Å². The molecular formula is C15H18N2O5. The normalized spacial score (nSPS) is 15.1. The summed E-state index contributed by atoms with van der Waals surface area (Å²) in [5, 5.41) is 2.63. The molecular weight excluding hydrogens is 288 g/mol. The van der Waals surface area contributed by atoms with Gasteiger partial charge in [-0.25, -0.2) is 9.59 Å². The van der Waals surface area contributed by atoms with Gasteiger partial charge in [0, 0.05) is 13.0 Å². The lowest BCUT2D eigenvalue weighted by Gasteiger charge is -2.18. The molecule has 0 bridgehead atoms. The zero-order valence-electron chi connectivity index (χ0n) is 12.3. The molecule has 0 saturated carbocycles. The zero-order valence-corrected chi connectivity index (χ0v) is 12.3. The SMILES string of the molecule is COC(=O)C(NC(=O)CCN1CCOC1=O)c1ccccc1. The molecule has 7 nitrogen and oxygen atoms in total. The molecule has 2 amide bonds. The van der Waals surface area contributed by atoms with Gasteiger partial charge >= 0.3 is 12.1 Å². The number of benzene rings is 1. The number of nitrogens with one attached hydrogen (secondary N) is 1. The van der Waals surface area contributed by atoms with Gasteiger partial charge in [0.2, 0.25) is 5.91 Å². The molecule has 1 heterocycles. The Morgan fingerprint density at radius 1 is 1.36 bits per heavy atom. The van der Waals surface area contributed by atoms with Gasteiger partial charge in [0.05, 0.1) is 13.7 Å². The Balaban J connectivity index is 1.93. The number of methoxy groups -OCH3 is 1. The van der Waals surface area contributed by atoms with Crippen LogP contribution < -0.4 is 5.32 Å². The number of hydrogen-bond acceptors (Lipinski definition) is 5. The van der Waals surface area contributed by atoms with Crippen LogP contribution in [0.4, 0.5) is 4.79 Å². The molecule has 1 atom stereocenters. The quantitative estimate of drug-likeness (QED) is 0.788. The maximum atomic E-state index is 12.0. The van der Waals surface area contributed by atoms with Gasteiger partial charge < -0.3 is 19.7 Å². The van der Waals surface area contributed by atoms with Gasteiger partial charge in [-0.15, -0.1) is 0 Å². The minimum Gasteiger partial charge on any atom is -0.467 e. The van der Waals surface area contributed by atoms with E-state index in [0.717, 1.165) is 0 Å². The smallest absolute Gasteiger partial charge is 0.409 e. The summed E-state index contributed by atoms with van der Waals surface area (Å²) in [5.41, 5.74) is 0.642. The first-order chi connectivity index (χ1) is 10.6. The summed E-state index contributed by atoms with van der Waals surface area (Å²) in [5.74, 6) is -0.876. The number of esters is 1. The molecule has 1 aromatic rings. The monoisotopic (exact) mass is 306 g/mol. The summed E-state index contributed by atoms with van der Waals surface area (Å²) in [7, 11) is 1.27. The lowest BCUT2D eigenvalue weighted by atomic mass is 10.1. The van der Waals surface area contributed by atoms with Gasteiger partial charge in [0.25, 0.3) is 0 Å². The summed E-state index contributed by atoms with van der Waals surface area (Å²) in [6.07, 6.45) is -0.324. The number of carbonyl (C=O) groups excluding carboxylic acids is 3. The molecule has 7 heteroatoms. The van der Waals surface area contributed by atoms with E-state index in [1.807, 2.05) is 6.07 Å². The summed E-state index contributed by atoms with van der Waals surface area (Å²) >= 11 is 0. The van der Waals surface area contributed by atoms with Gasteiger partial charge in [-0.2, -0.15) is 0 Å². The number of amides is 2. The van der Waals surface area contributed by atoms with Crippen molar-refractivity contribution < 1.29 is 23.9 Å². The number of cyclic esters (lactones) is 1. The molecule has 1 aliphatic heterocycles. The van der Waals surface area contributed by atoms with Gasteiger partial charge in [-0.1, -0.05) is 30.3 Å². The van der Waals surface area contributed by atoms with E-state index in [-0.39, 0.29) is 18.9 Å². The fourth-order valence-electron chi connectivity index (χ4n) is 2.14. The van der Waals surface area contributed by atoms with Crippen LogP contribution in [0.2, 0.25) is 0 Å². The Kier molecular flexibility index (Phi) is 5.35. The molecule has 1 saturated heterocycles. The van der Waals surface area contributed by atoms with Gasteiger partial charge in [-0.3, -0.25) is 4.79 Å². The van der Waals surface area contributed by atoms with Crippen LogP contribution in [0.15, 0.2) is 30.3 Å². The van der Waals surface area contributed by atoms with E-state index in [2.05, 4.69) is 5.32 Å². The van der Waals surface area contributed by atoms with E-state index >= 15 is 0 Å². The summed E-state index contributed by atoms with van der Waals surface area (Å²) in [6, 6.07) is 7.98. The molecule has 22 heavy (non-hydrogen) atoms. The van der Waals surface area contributed by atoms with Crippen LogP contribution in [0.1, 0.15) is 18.0 Å². The Labute approximate surface area is 128 Å². The third kappa shape index (κ3) is 3.97. The predicted molar refractivity (Wildman–Crippen MR) is 76.9 cm³/mol. The third-order valence-corrected chi connectivity index (χ3v) is 3.33. The molecule has 0 aliphatic carbocycles. The van der Waals surface area contributed by atoms with Crippen LogP contribution in [0.3, 0.4) is 0 Å². The number of ether oxygens (including phenoxy) is 2. The predicted octanol–water partition coefficient (Wildman–Crippen LogP) is 0.859. The Hall–Kier alpha value is -2.57. The molecule has 2 rings (SSSR count). The van der Waals surface area contributed by atoms with Crippen molar-refractivity contribution in [1.29, 1.82) is 0 Å². The van der Waals surface area contributed by atoms with E-state index < -0.39 is 18.1 Å².